The molecular weight excluding hydrogens is 687 g/mol. The van der Waals surface area contributed by atoms with E-state index in [1.54, 1.807) is 19.1 Å². The molecule has 1 heterocycles. The third-order valence-corrected chi connectivity index (χ3v) is 12.0. The van der Waals surface area contributed by atoms with Gasteiger partial charge in [0.05, 0.1) is 30.0 Å². The summed E-state index contributed by atoms with van der Waals surface area (Å²) < 4.78 is 6.03. The lowest BCUT2D eigenvalue weighted by Gasteiger charge is -2.40. The van der Waals surface area contributed by atoms with Gasteiger partial charge in [0.15, 0.2) is 0 Å². The largest absolute Gasteiger partial charge is 0.379 e. The van der Waals surface area contributed by atoms with E-state index in [0.29, 0.717) is 19.4 Å². The molecule has 53 heavy (non-hydrogen) atoms. The first-order chi connectivity index (χ1) is 25.2. The van der Waals surface area contributed by atoms with Crippen LogP contribution in [0.25, 0.3) is 0 Å². The van der Waals surface area contributed by atoms with E-state index in [4.69, 9.17) is 4.74 Å². The minimum absolute atomic E-state index is 0.0101. The van der Waals surface area contributed by atoms with Crippen molar-refractivity contribution >= 4 is 35.4 Å². The number of amides is 4. The molecule has 10 nitrogen and oxygen atoms in total. The van der Waals surface area contributed by atoms with Crippen molar-refractivity contribution in [2.45, 2.75) is 148 Å². The standard InChI is InChI=1S/C42H73N5O5S/c1-12-14-18-26-53-36(27-32-20-16-15-17-21-32)43-35(48)24-23-33-22-19-25-47(33)37(49)28-34(52-11)40(31(7)13-2)46(10)42(51)38(29(3)4)44-41(50)39(30(5)6)45(8)9/h15-17,20-21,29-31,33-34,36,38-40H,12-14,18-19,22-28H2,1-11H3,(H,43,48)(H,44,50). The van der Waals surface area contributed by atoms with Crippen molar-refractivity contribution in [2.24, 2.45) is 17.8 Å². The summed E-state index contributed by atoms with van der Waals surface area (Å²) in [6.07, 6.45) is 7.39. The minimum Gasteiger partial charge on any atom is -0.379 e. The molecule has 1 aromatic carbocycles. The lowest BCUT2D eigenvalue weighted by molar-refractivity contribution is -0.146. The number of likely N-dealkylation sites (N-methyl/N-ethyl adjacent to an activating group) is 2. The average Bonchev–Trinajstić information content (AvgIpc) is 3.59. The number of carbonyl (C=O) groups excluding carboxylic acids is 4. The Morgan fingerprint density at radius 3 is 2.21 bits per heavy atom. The highest BCUT2D eigenvalue weighted by atomic mass is 32.2. The van der Waals surface area contributed by atoms with E-state index < -0.39 is 12.1 Å². The quantitative estimate of drug-likeness (QED) is 0.0932. The van der Waals surface area contributed by atoms with Gasteiger partial charge >= 0.3 is 0 Å². The summed E-state index contributed by atoms with van der Waals surface area (Å²) in [5, 5.41) is 6.36. The molecule has 2 N–H and O–H groups in total. The third-order valence-electron chi connectivity index (χ3n) is 10.8. The fourth-order valence-electron chi connectivity index (χ4n) is 7.70. The number of nitrogens with zero attached hydrogens (tertiary/aromatic N) is 3. The molecule has 7 unspecified atom stereocenters. The molecule has 0 aromatic heterocycles. The molecule has 2 rings (SSSR count). The lowest BCUT2D eigenvalue weighted by Crippen LogP contribution is -2.59. The second kappa shape index (κ2) is 24.0. The summed E-state index contributed by atoms with van der Waals surface area (Å²) in [6, 6.07) is 8.82. The van der Waals surface area contributed by atoms with E-state index >= 15 is 0 Å². The second-order valence-corrected chi connectivity index (χ2v) is 17.2. The van der Waals surface area contributed by atoms with Crippen molar-refractivity contribution in [3.63, 3.8) is 0 Å². The predicted molar refractivity (Wildman–Crippen MR) is 219 cm³/mol. The second-order valence-electron chi connectivity index (χ2n) is 15.9. The van der Waals surface area contributed by atoms with Gasteiger partial charge in [0.1, 0.15) is 6.04 Å². The monoisotopic (exact) mass is 760 g/mol. The molecule has 4 amide bonds. The molecule has 0 spiro atoms. The van der Waals surface area contributed by atoms with E-state index in [1.165, 1.54) is 18.4 Å². The Morgan fingerprint density at radius 2 is 1.64 bits per heavy atom. The normalized spacial score (nSPS) is 18.1. The molecule has 1 saturated heterocycles. The number of nitrogens with one attached hydrogen (secondary N) is 2. The molecule has 0 radical (unpaired) electrons. The van der Waals surface area contributed by atoms with Crippen LogP contribution in [-0.4, -0.2) is 115 Å². The molecule has 302 valence electrons. The van der Waals surface area contributed by atoms with Crippen molar-refractivity contribution in [1.29, 1.82) is 0 Å². The predicted octanol–water partition coefficient (Wildman–Crippen LogP) is 6.37. The zero-order chi connectivity index (χ0) is 39.7. The summed E-state index contributed by atoms with van der Waals surface area (Å²) in [7, 11) is 7.13. The van der Waals surface area contributed by atoms with Crippen LogP contribution in [0.4, 0.5) is 0 Å². The fraction of sp³-hybridized carbons (Fsp3) is 0.762. The van der Waals surface area contributed by atoms with Crippen LogP contribution in [-0.2, 0) is 30.3 Å². The van der Waals surface area contributed by atoms with Crippen LogP contribution in [0, 0.1) is 17.8 Å². The van der Waals surface area contributed by atoms with Crippen molar-refractivity contribution in [1.82, 2.24) is 25.3 Å². The molecular formula is C42H73N5O5S. The number of rotatable bonds is 24. The highest BCUT2D eigenvalue weighted by molar-refractivity contribution is 7.99. The van der Waals surface area contributed by atoms with Gasteiger partial charge in [-0.3, -0.25) is 24.1 Å². The van der Waals surface area contributed by atoms with Crippen LogP contribution < -0.4 is 10.6 Å². The zero-order valence-corrected chi connectivity index (χ0v) is 35.7. The van der Waals surface area contributed by atoms with Crippen LogP contribution in [0.15, 0.2) is 30.3 Å². The fourth-order valence-corrected chi connectivity index (χ4v) is 8.88. The summed E-state index contributed by atoms with van der Waals surface area (Å²) in [6.45, 7) is 14.9. The molecule has 1 aliphatic rings. The lowest BCUT2D eigenvalue weighted by atomic mass is 9.89. The van der Waals surface area contributed by atoms with Crippen LogP contribution in [0.1, 0.15) is 112 Å². The third kappa shape index (κ3) is 14.9. The molecule has 1 fully saturated rings. The molecule has 0 aliphatic carbocycles. The molecule has 1 aromatic rings. The summed E-state index contributed by atoms with van der Waals surface area (Å²) in [4.78, 5) is 60.4. The first kappa shape index (κ1) is 46.5. The number of hydrogen-bond donors (Lipinski definition) is 2. The van der Waals surface area contributed by atoms with Crippen molar-refractivity contribution in [3.8, 4) is 0 Å². The van der Waals surface area contributed by atoms with Crippen LogP contribution in [0.2, 0.25) is 0 Å². The number of unbranched alkanes of at least 4 members (excludes halogenated alkanes) is 2. The Bertz CT molecular complexity index is 1240. The Morgan fingerprint density at radius 1 is 0.962 bits per heavy atom. The SMILES string of the molecule is CCCCCSC(Cc1ccccc1)NC(=O)CCC1CCCN1C(=O)CC(OC)C(C(C)CC)N(C)C(=O)C(NC(=O)C(C(C)C)N(C)C)C(C)C. The number of hydrogen-bond acceptors (Lipinski definition) is 7. The first-order valence-electron chi connectivity index (χ1n) is 20.2. The number of likely N-dealkylation sites (tertiary alicyclic amines) is 1. The first-order valence-corrected chi connectivity index (χ1v) is 21.2. The summed E-state index contributed by atoms with van der Waals surface area (Å²) in [5.41, 5.74) is 1.21. The maximum Gasteiger partial charge on any atom is 0.245 e. The van der Waals surface area contributed by atoms with Crippen LogP contribution in [0.5, 0.6) is 0 Å². The highest BCUT2D eigenvalue weighted by Crippen LogP contribution is 2.27. The van der Waals surface area contributed by atoms with Crippen molar-refractivity contribution in [3.05, 3.63) is 35.9 Å². The molecule has 7 atom stereocenters. The van der Waals surface area contributed by atoms with Gasteiger partial charge in [0.25, 0.3) is 0 Å². The molecule has 0 saturated carbocycles. The number of benzene rings is 1. The average molecular weight is 760 g/mol. The summed E-state index contributed by atoms with van der Waals surface area (Å²) in [5.74, 6) is 0.638. The Balaban J connectivity index is 2.12. The zero-order valence-electron chi connectivity index (χ0n) is 34.9. The van der Waals surface area contributed by atoms with Gasteiger partial charge in [0, 0.05) is 39.6 Å². The Labute approximate surface area is 326 Å². The maximum atomic E-state index is 14.2. The minimum atomic E-state index is -0.718. The van der Waals surface area contributed by atoms with E-state index in [-0.39, 0.29) is 71.3 Å². The maximum absolute atomic E-state index is 14.2. The van der Waals surface area contributed by atoms with Gasteiger partial charge in [-0.15, -0.1) is 11.8 Å². The van der Waals surface area contributed by atoms with Gasteiger partial charge in [-0.1, -0.05) is 98.1 Å². The van der Waals surface area contributed by atoms with E-state index in [0.717, 1.165) is 37.9 Å². The number of ether oxygens (including phenoxy) is 1. The smallest absolute Gasteiger partial charge is 0.245 e. The van der Waals surface area contributed by atoms with E-state index in [1.807, 2.05) is 81.6 Å². The van der Waals surface area contributed by atoms with Crippen LogP contribution in [0.3, 0.4) is 0 Å². The highest BCUT2D eigenvalue weighted by Gasteiger charge is 2.40. The van der Waals surface area contributed by atoms with Crippen molar-refractivity contribution in [2.75, 3.05) is 40.6 Å². The molecule has 0 bridgehead atoms. The van der Waals surface area contributed by atoms with Crippen LogP contribution >= 0.6 is 11.8 Å². The van der Waals surface area contributed by atoms with Gasteiger partial charge in [0.2, 0.25) is 23.6 Å². The Hall–Kier alpha value is -2.63. The van der Waals surface area contributed by atoms with Gasteiger partial charge in [-0.25, -0.2) is 0 Å². The number of methoxy groups -OCH3 is 1. The number of thioether (sulfide) groups is 1. The molecule has 1 aliphatic heterocycles. The Kier molecular flexibility index (Phi) is 21.1. The van der Waals surface area contributed by atoms with E-state index in [2.05, 4.69) is 43.5 Å². The topological polar surface area (TPSA) is 111 Å². The summed E-state index contributed by atoms with van der Waals surface area (Å²) >= 11 is 1.82. The van der Waals surface area contributed by atoms with Gasteiger partial charge < -0.3 is 25.2 Å². The molecule has 11 heteroatoms. The number of carbonyl (C=O) groups is 4. The van der Waals surface area contributed by atoms with Crippen molar-refractivity contribution < 1.29 is 23.9 Å². The van der Waals surface area contributed by atoms with Gasteiger partial charge in [-0.2, -0.15) is 0 Å². The van der Waals surface area contributed by atoms with E-state index in [9.17, 15) is 19.2 Å². The van der Waals surface area contributed by atoms with Gasteiger partial charge in [-0.05, 0) is 68.8 Å².